The van der Waals surface area contributed by atoms with Crippen molar-refractivity contribution in [3.8, 4) is 0 Å². The van der Waals surface area contributed by atoms with Crippen molar-refractivity contribution in [2.45, 2.75) is 13.8 Å². The third-order valence-corrected chi connectivity index (χ3v) is 0.552. The molecule has 0 rings (SSSR count). The molecule has 0 aromatic rings. The van der Waals surface area contributed by atoms with E-state index in [4.69, 9.17) is 4.74 Å². The van der Waals surface area contributed by atoms with E-state index in [1.54, 1.807) is 0 Å². The van der Waals surface area contributed by atoms with Crippen molar-refractivity contribution in [3.05, 3.63) is 12.5 Å². The van der Waals surface area contributed by atoms with Crippen molar-refractivity contribution in [2.75, 3.05) is 6.61 Å². The van der Waals surface area contributed by atoms with E-state index in [1.807, 2.05) is 6.92 Å². The van der Waals surface area contributed by atoms with E-state index in [2.05, 4.69) is 4.74 Å². The Bertz CT molecular complexity index is 107. The highest BCUT2D eigenvalue weighted by molar-refractivity contribution is 5.66. The van der Waals surface area contributed by atoms with E-state index in [9.17, 15) is 4.79 Å². The maximum Gasteiger partial charge on any atom is 0.307 e. The van der Waals surface area contributed by atoms with Crippen molar-refractivity contribution in [1.82, 2.24) is 0 Å². The molecule has 0 aliphatic heterocycles. The van der Waals surface area contributed by atoms with Crippen molar-refractivity contribution < 1.29 is 14.3 Å². The largest absolute Gasteiger partial charge is 0.498 e. The fourth-order valence-corrected chi connectivity index (χ4v) is 0.259. The summed E-state index contributed by atoms with van der Waals surface area (Å²) in [7, 11) is 0. The van der Waals surface area contributed by atoms with Gasteiger partial charge in [0.15, 0.2) is 0 Å². The first-order chi connectivity index (χ1) is 4.27. The first kappa shape index (κ1) is 8.01. The lowest BCUT2D eigenvalue weighted by molar-refractivity contribution is -0.135. The molecule has 0 radical (unpaired) electrons. The number of carbonyl (C=O) groups is 1. The van der Waals surface area contributed by atoms with Gasteiger partial charge in [-0.25, -0.2) is 0 Å². The molecule has 0 N–H and O–H groups in total. The lowest BCUT2D eigenvalue weighted by atomic mass is 10.8. The summed E-state index contributed by atoms with van der Waals surface area (Å²) in [6.07, 6.45) is 2.55. The van der Waals surface area contributed by atoms with Crippen LogP contribution in [0.4, 0.5) is 0 Å². The Balaban J connectivity index is 3.14. The Morgan fingerprint density at radius 1 is 1.56 bits per heavy atom. The molecule has 0 fully saturated rings. The first-order valence-corrected chi connectivity index (χ1v) is 2.71. The minimum atomic E-state index is -0.342. The molecule has 3 nitrogen and oxygen atoms in total. The van der Waals surface area contributed by atoms with Crippen molar-refractivity contribution in [2.24, 2.45) is 0 Å². The Labute approximate surface area is 54.3 Å². The van der Waals surface area contributed by atoms with Crippen LogP contribution in [0.15, 0.2) is 12.5 Å². The zero-order valence-corrected chi connectivity index (χ0v) is 5.59. The summed E-state index contributed by atoms with van der Waals surface area (Å²) in [5.41, 5.74) is 0. The van der Waals surface area contributed by atoms with Gasteiger partial charge in [-0.3, -0.25) is 4.79 Å². The topological polar surface area (TPSA) is 35.5 Å². The van der Waals surface area contributed by atoms with Gasteiger partial charge >= 0.3 is 5.97 Å². The van der Waals surface area contributed by atoms with Crippen LogP contribution in [0.1, 0.15) is 13.8 Å². The van der Waals surface area contributed by atoms with E-state index in [-0.39, 0.29) is 5.97 Å². The minimum Gasteiger partial charge on any atom is -0.498 e. The number of hydrogen-bond acceptors (Lipinski definition) is 3. The van der Waals surface area contributed by atoms with Crippen molar-refractivity contribution in [3.63, 3.8) is 0 Å². The van der Waals surface area contributed by atoms with Gasteiger partial charge in [0.2, 0.25) is 0 Å². The molecule has 0 unspecified atom stereocenters. The number of rotatable bonds is 3. The van der Waals surface area contributed by atoms with Gasteiger partial charge in [0.05, 0.1) is 6.61 Å². The van der Waals surface area contributed by atoms with E-state index < -0.39 is 0 Å². The fourth-order valence-electron chi connectivity index (χ4n) is 0.259. The third kappa shape index (κ3) is 7.01. The van der Waals surface area contributed by atoms with Gasteiger partial charge in [0, 0.05) is 6.92 Å². The molecule has 0 atom stereocenters. The van der Waals surface area contributed by atoms with Gasteiger partial charge in [-0.05, 0) is 6.92 Å². The molecule has 0 aromatic heterocycles. The molecule has 0 heterocycles. The summed E-state index contributed by atoms with van der Waals surface area (Å²) >= 11 is 0. The van der Waals surface area contributed by atoms with Crippen LogP contribution in [-0.4, -0.2) is 12.6 Å². The number of hydrogen-bond donors (Lipinski definition) is 0. The average molecular weight is 130 g/mol. The highest BCUT2D eigenvalue weighted by Gasteiger charge is 1.82. The first-order valence-electron chi connectivity index (χ1n) is 2.71. The summed E-state index contributed by atoms with van der Waals surface area (Å²) in [5, 5.41) is 0. The number of ether oxygens (including phenoxy) is 2. The second-order valence-electron chi connectivity index (χ2n) is 1.34. The van der Waals surface area contributed by atoms with Crippen molar-refractivity contribution >= 4 is 5.97 Å². The lowest BCUT2D eigenvalue weighted by Gasteiger charge is -1.91. The minimum absolute atomic E-state index is 0.342. The van der Waals surface area contributed by atoms with E-state index in [0.717, 1.165) is 0 Å². The van der Waals surface area contributed by atoms with Crippen LogP contribution in [0.3, 0.4) is 0 Å². The van der Waals surface area contributed by atoms with Gasteiger partial charge in [0.1, 0.15) is 12.5 Å². The van der Waals surface area contributed by atoms with E-state index in [1.165, 1.54) is 19.4 Å². The van der Waals surface area contributed by atoms with Gasteiger partial charge in [-0.2, -0.15) is 0 Å². The quantitative estimate of drug-likeness (QED) is 0.423. The van der Waals surface area contributed by atoms with Crippen LogP contribution in [0.5, 0.6) is 0 Å². The molecule has 0 saturated heterocycles. The van der Waals surface area contributed by atoms with Crippen LogP contribution in [0.2, 0.25) is 0 Å². The van der Waals surface area contributed by atoms with Gasteiger partial charge in [-0.1, -0.05) is 0 Å². The summed E-state index contributed by atoms with van der Waals surface area (Å²) in [6.45, 7) is 3.76. The molecule has 0 spiro atoms. The van der Waals surface area contributed by atoms with Crippen LogP contribution in [-0.2, 0) is 14.3 Å². The summed E-state index contributed by atoms with van der Waals surface area (Å²) in [4.78, 5) is 10.1. The standard InChI is InChI=1S/C6H10O3/c1-3-8-4-5-9-6(2)7/h4-5H,3H2,1-2H3/b5-4-. The Morgan fingerprint density at radius 3 is 2.67 bits per heavy atom. The lowest BCUT2D eigenvalue weighted by Crippen LogP contribution is -1.89. The molecular weight excluding hydrogens is 120 g/mol. The molecule has 3 heteroatoms. The average Bonchev–Trinajstić information content (AvgIpc) is 1.80. The van der Waals surface area contributed by atoms with Crippen LogP contribution in [0.25, 0.3) is 0 Å². The zero-order valence-electron chi connectivity index (χ0n) is 5.59. The molecule has 0 saturated carbocycles. The molecule has 0 amide bonds. The molecule has 9 heavy (non-hydrogen) atoms. The smallest absolute Gasteiger partial charge is 0.307 e. The van der Waals surface area contributed by atoms with E-state index in [0.29, 0.717) is 6.61 Å². The van der Waals surface area contributed by atoms with Gasteiger partial charge in [0.25, 0.3) is 0 Å². The predicted molar refractivity (Wildman–Crippen MR) is 32.5 cm³/mol. The molecule has 52 valence electrons. The maximum atomic E-state index is 10.1. The third-order valence-electron chi connectivity index (χ3n) is 0.552. The second-order valence-corrected chi connectivity index (χ2v) is 1.34. The SMILES string of the molecule is CCO/C=C\OC(C)=O. The maximum absolute atomic E-state index is 10.1. The summed E-state index contributed by atoms with van der Waals surface area (Å²) in [5.74, 6) is -0.342. The highest BCUT2D eigenvalue weighted by atomic mass is 16.5. The van der Waals surface area contributed by atoms with Gasteiger partial charge < -0.3 is 9.47 Å². The highest BCUT2D eigenvalue weighted by Crippen LogP contribution is 1.80. The molecule has 0 aromatic carbocycles. The molecule has 0 aliphatic carbocycles. The predicted octanol–water partition coefficient (Wildman–Crippen LogP) is 1.06. The zero-order chi connectivity index (χ0) is 7.11. The second kappa shape index (κ2) is 5.15. The van der Waals surface area contributed by atoms with Crippen molar-refractivity contribution in [1.29, 1.82) is 0 Å². The normalized spacial score (nSPS) is 9.56. The van der Waals surface area contributed by atoms with Crippen LogP contribution in [0, 0.1) is 0 Å². The Morgan fingerprint density at radius 2 is 2.22 bits per heavy atom. The Kier molecular flexibility index (Phi) is 4.59. The van der Waals surface area contributed by atoms with Crippen LogP contribution >= 0.6 is 0 Å². The molecular formula is C6H10O3. The Hall–Kier alpha value is -0.990. The molecule has 0 aliphatic rings. The monoisotopic (exact) mass is 130 g/mol. The molecule has 0 bridgehead atoms. The summed E-state index contributed by atoms with van der Waals surface area (Å²) in [6, 6.07) is 0. The van der Waals surface area contributed by atoms with Gasteiger partial charge in [-0.15, -0.1) is 0 Å². The fraction of sp³-hybridized carbons (Fsp3) is 0.500. The summed E-state index contributed by atoms with van der Waals surface area (Å²) < 4.78 is 9.13. The number of esters is 1. The van der Waals surface area contributed by atoms with E-state index >= 15 is 0 Å². The number of carbonyl (C=O) groups excluding carboxylic acids is 1. The van der Waals surface area contributed by atoms with Crippen LogP contribution < -0.4 is 0 Å².